The highest BCUT2D eigenvalue weighted by Crippen LogP contribution is 2.08. The van der Waals surface area contributed by atoms with Gasteiger partial charge in [0, 0.05) is 12.2 Å². The van der Waals surface area contributed by atoms with Crippen molar-refractivity contribution in [3.8, 4) is 0 Å². The Bertz CT molecular complexity index is 308. The lowest BCUT2D eigenvalue weighted by Gasteiger charge is -2.02. The van der Waals surface area contributed by atoms with Crippen LogP contribution < -0.4 is 11.1 Å². The molecule has 0 unspecified atom stereocenters. The summed E-state index contributed by atoms with van der Waals surface area (Å²) < 4.78 is 0. The fraction of sp³-hybridized carbons (Fsp3) is 0.100. The molecule has 0 radical (unpaired) electrons. The summed E-state index contributed by atoms with van der Waals surface area (Å²) in [6, 6.07) is 7.37. The van der Waals surface area contributed by atoms with Crippen molar-refractivity contribution in [1.29, 1.82) is 0 Å². The van der Waals surface area contributed by atoms with Gasteiger partial charge in [-0.2, -0.15) is 0 Å². The van der Waals surface area contributed by atoms with Gasteiger partial charge in [-0.1, -0.05) is 18.7 Å². The highest BCUT2D eigenvalue weighted by Gasteiger charge is 1.95. The van der Waals surface area contributed by atoms with Crippen LogP contribution >= 0.6 is 12.4 Å². The number of halogens is 1. The summed E-state index contributed by atoms with van der Waals surface area (Å²) in [6.07, 6.45) is 1.23. The molecule has 0 spiro atoms. The Hall–Kier alpha value is -1.32. The van der Waals surface area contributed by atoms with Gasteiger partial charge in [0.2, 0.25) is 5.91 Å². The molecular formula is C10H13ClN2O. The number of amides is 1. The van der Waals surface area contributed by atoms with Gasteiger partial charge in [-0.15, -0.1) is 12.4 Å². The summed E-state index contributed by atoms with van der Waals surface area (Å²) in [4.78, 5) is 10.9. The SMILES string of the molecule is C=CC(=O)Nc1ccc(CN)cc1.Cl. The number of rotatable bonds is 3. The first-order valence-corrected chi connectivity index (χ1v) is 3.98. The van der Waals surface area contributed by atoms with Crippen molar-refractivity contribution < 1.29 is 4.79 Å². The molecule has 0 heterocycles. The standard InChI is InChI=1S/C10H12N2O.ClH/c1-2-10(13)12-9-5-3-8(7-11)4-6-9;/h2-6H,1,7,11H2,(H,12,13);1H. The molecule has 1 aromatic carbocycles. The second kappa shape index (κ2) is 6.18. The first kappa shape index (κ1) is 12.7. The Labute approximate surface area is 89.4 Å². The van der Waals surface area contributed by atoms with Crippen LogP contribution in [-0.2, 0) is 11.3 Å². The minimum absolute atomic E-state index is 0. The molecule has 1 aromatic rings. The van der Waals surface area contributed by atoms with E-state index in [0.717, 1.165) is 11.3 Å². The average molecular weight is 213 g/mol. The highest BCUT2D eigenvalue weighted by molar-refractivity contribution is 5.98. The normalized spacial score (nSPS) is 8.64. The Kier molecular flexibility index (Phi) is 5.60. The van der Waals surface area contributed by atoms with Gasteiger partial charge >= 0.3 is 0 Å². The zero-order chi connectivity index (χ0) is 9.68. The van der Waals surface area contributed by atoms with Crippen LogP contribution in [0.3, 0.4) is 0 Å². The number of carbonyl (C=O) groups is 1. The second-order valence-corrected chi connectivity index (χ2v) is 2.59. The van der Waals surface area contributed by atoms with Crippen molar-refractivity contribution in [2.75, 3.05) is 5.32 Å². The van der Waals surface area contributed by atoms with Gasteiger partial charge in [0.1, 0.15) is 0 Å². The summed E-state index contributed by atoms with van der Waals surface area (Å²) in [5.74, 6) is -0.208. The topological polar surface area (TPSA) is 55.1 Å². The number of nitrogens with one attached hydrogen (secondary N) is 1. The molecule has 0 aliphatic heterocycles. The van der Waals surface area contributed by atoms with Crippen LogP contribution in [-0.4, -0.2) is 5.91 Å². The maximum Gasteiger partial charge on any atom is 0.247 e. The zero-order valence-corrected chi connectivity index (χ0v) is 8.51. The number of hydrogen-bond acceptors (Lipinski definition) is 2. The number of anilines is 1. The summed E-state index contributed by atoms with van der Waals surface area (Å²) in [7, 11) is 0. The number of hydrogen-bond donors (Lipinski definition) is 2. The maximum absolute atomic E-state index is 10.9. The highest BCUT2D eigenvalue weighted by atomic mass is 35.5. The van der Waals surface area contributed by atoms with Crippen molar-refractivity contribution in [3.05, 3.63) is 42.5 Å². The van der Waals surface area contributed by atoms with E-state index in [0.29, 0.717) is 6.54 Å². The first-order chi connectivity index (χ1) is 6.26. The van der Waals surface area contributed by atoms with E-state index in [1.807, 2.05) is 24.3 Å². The average Bonchev–Trinajstić information content (AvgIpc) is 2.19. The van der Waals surface area contributed by atoms with Crippen molar-refractivity contribution in [2.24, 2.45) is 5.73 Å². The quantitative estimate of drug-likeness (QED) is 0.750. The van der Waals surface area contributed by atoms with Crippen LogP contribution in [0.1, 0.15) is 5.56 Å². The lowest BCUT2D eigenvalue weighted by molar-refractivity contribution is -0.111. The van der Waals surface area contributed by atoms with Crippen LogP contribution in [0, 0.1) is 0 Å². The number of carbonyl (C=O) groups excluding carboxylic acids is 1. The van der Waals surface area contributed by atoms with Crippen molar-refractivity contribution in [2.45, 2.75) is 6.54 Å². The van der Waals surface area contributed by atoms with Crippen LogP contribution in [0.5, 0.6) is 0 Å². The van der Waals surface area contributed by atoms with Gasteiger partial charge in [-0.25, -0.2) is 0 Å². The molecule has 3 nitrogen and oxygen atoms in total. The summed E-state index contributed by atoms with van der Waals surface area (Å²) in [6.45, 7) is 3.87. The van der Waals surface area contributed by atoms with E-state index >= 15 is 0 Å². The van der Waals surface area contributed by atoms with Gasteiger partial charge in [-0.3, -0.25) is 4.79 Å². The molecule has 0 aliphatic rings. The Morgan fingerprint density at radius 2 is 2.00 bits per heavy atom. The minimum atomic E-state index is -0.208. The smallest absolute Gasteiger partial charge is 0.247 e. The van der Waals surface area contributed by atoms with E-state index in [1.165, 1.54) is 6.08 Å². The summed E-state index contributed by atoms with van der Waals surface area (Å²) in [5, 5.41) is 2.65. The third kappa shape index (κ3) is 3.60. The number of nitrogens with two attached hydrogens (primary N) is 1. The van der Waals surface area contributed by atoms with E-state index in [2.05, 4.69) is 11.9 Å². The van der Waals surface area contributed by atoms with Gasteiger partial charge in [0.25, 0.3) is 0 Å². The van der Waals surface area contributed by atoms with Gasteiger partial charge < -0.3 is 11.1 Å². The van der Waals surface area contributed by atoms with Crippen LogP contribution in [0.15, 0.2) is 36.9 Å². The van der Waals surface area contributed by atoms with E-state index in [1.54, 1.807) is 0 Å². The monoisotopic (exact) mass is 212 g/mol. The molecule has 3 N–H and O–H groups in total. The molecular weight excluding hydrogens is 200 g/mol. The van der Waals surface area contributed by atoms with Gasteiger partial charge in [-0.05, 0) is 23.8 Å². The largest absolute Gasteiger partial charge is 0.326 e. The number of benzene rings is 1. The Balaban J connectivity index is 0.00000169. The minimum Gasteiger partial charge on any atom is -0.326 e. The second-order valence-electron chi connectivity index (χ2n) is 2.59. The molecule has 1 amide bonds. The predicted octanol–water partition coefficient (Wildman–Crippen LogP) is 1.69. The molecule has 0 atom stereocenters. The molecule has 0 fully saturated rings. The summed E-state index contributed by atoms with van der Waals surface area (Å²) in [5.41, 5.74) is 7.21. The van der Waals surface area contributed by atoms with E-state index in [-0.39, 0.29) is 18.3 Å². The third-order valence-electron chi connectivity index (χ3n) is 1.64. The molecule has 14 heavy (non-hydrogen) atoms. The van der Waals surface area contributed by atoms with Crippen LogP contribution in [0.2, 0.25) is 0 Å². The molecule has 0 aromatic heterocycles. The van der Waals surface area contributed by atoms with E-state index in [9.17, 15) is 4.79 Å². The van der Waals surface area contributed by atoms with Gasteiger partial charge in [0.15, 0.2) is 0 Å². The van der Waals surface area contributed by atoms with Crippen molar-refractivity contribution >= 4 is 24.0 Å². The zero-order valence-electron chi connectivity index (χ0n) is 7.69. The molecule has 0 saturated carbocycles. The van der Waals surface area contributed by atoms with Crippen LogP contribution in [0.4, 0.5) is 5.69 Å². The fourth-order valence-electron chi connectivity index (χ4n) is 0.917. The lowest BCUT2D eigenvalue weighted by Crippen LogP contribution is -2.07. The molecule has 76 valence electrons. The third-order valence-corrected chi connectivity index (χ3v) is 1.64. The first-order valence-electron chi connectivity index (χ1n) is 3.98. The van der Waals surface area contributed by atoms with Crippen molar-refractivity contribution in [3.63, 3.8) is 0 Å². The van der Waals surface area contributed by atoms with Crippen molar-refractivity contribution in [1.82, 2.24) is 0 Å². The maximum atomic E-state index is 10.9. The Morgan fingerprint density at radius 3 is 2.43 bits per heavy atom. The van der Waals surface area contributed by atoms with Gasteiger partial charge in [0.05, 0.1) is 0 Å². The van der Waals surface area contributed by atoms with E-state index in [4.69, 9.17) is 5.73 Å². The van der Waals surface area contributed by atoms with E-state index < -0.39 is 0 Å². The molecule has 0 bridgehead atoms. The molecule has 0 saturated heterocycles. The summed E-state index contributed by atoms with van der Waals surface area (Å²) >= 11 is 0. The van der Waals surface area contributed by atoms with Crippen LogP contribution in [0.25, 0.3) is 0 Å². The predicted molar refractivity (Wildman–Crippen MR) is 60.4 cm³/mol. The molecule has 4 heteroatoms. The molecule has 1 rings (SSSR count). The fourth-order valence-corrected chi connectivity index (χ4v) is 0.917. The molecule has 0 aliphatic carbocycles. The Morgan fingerprint density at radius 1 is 1.43 bits per heavy atom. The lowest BCUT2D eigenvalue weighted by atomic mass is 10.2.